The Kier molecular flexibility index (Phi) is 3.78. The van der Waals surface area contributed by atoms with Crippen molar-refractivity contribution in [2.45, 2.75) is 44.3 Å². The average molecular weight is 288 g/mol. The number of nitrogens with zero attached hydrogens (tertiary/aromatic N) is 3. The summed E-state index contributed by atoms with van der Waals surface area (Å²) in [5.41, 5.74) is -0.609. The van der Waals surface area contributed by atoms with Crippen molar-refractivity contribution >= 4 is 19.7 Å². The molecule has 0 aliphatic heterocycles. The highest BCUT2D eigenvalue weighted by Gasteiger charge is 2.30. The Labute approximate surface area is 102 Å². The van der Waals surface area contributed by atoms with Gasteiger partial charge in [0, 0.05) is 16.1 Å². The standard InChI is InChI=1S/C8H12ClF2N3O2S/c1-8(2,3)6-12-13-7(17(9,15)16)14(6)4-5(10)11/h5H,4H2,1-3H3. The molecule has 0 aliphatic rings. The summed E-state index contributed by atoms with van der Waals surface area (Å²) < 4.78 is 48.0. The van der Waals surface area contributed by atoms with Crippen LogP contribution in [0.1, 0.15) is 26.6 Å². The molecule has 98 valence electrons. The lowest BCUT2D eigenvalue weighted by Crippen LogP contribution is -2.23. The zero-order valence-electron chi connectivity index (χ0n) is 9.48. The molecule has 0 amide bonds. The Morgan fingerprint density at radius 3 is 2.24 bits per heavy atom. The van der Waals surface area contributed by atoms with Crippen LogP contribution in [0.5, 0.6) is 0 Å². The molecule has 0 N–H and O–H groups in total. The summed E-state index contributed by atoms with van der Waals surface area (Å²) in [6, 6.07) is 0. The minimum atomic E-state index is -4.19. The van der Waals surface area contributed by atoms with Crippen molar-refractivity contribution in [3.05, 3.63) is 5.82 Å². The molecule has 9 heteroatoms. The molecule has 0 saturated carbocycles. The summed E-state index contributed by atoms with van der Waals surface area (Å²) >= 11 is 0. The summed E-state index contributed by atoms with van der Waals surface area (Å²) in [5, 5.41) is 6.34. The van der Waals surface area contributed by atoms with E-state index in [4.69, 9.17) is 10.7 Å². The van der Waals surface area contributed by atoms with Gasteiger partial charge in [0.15, 0.2) is 0 Å². The second kappa shape index (κ2) is 4.49. The van der Waals surface area contributed by atoms with Crippen molar-refractivity contribution < 1.29 is 17.2 Å². The Balaban J connectivity index is 3.41. The molecule has 0 aliphatic carbocycles. The molecule has 0 unspecified atom stereocenters. The van der Waals surface area contributed by atoms with Crippen LogP contribution >= 0.6 is 10.7 Å². The third kappa shape index (κ3) is 3.35. The zero-order chi connectivity index (χ0) is 13.4. The second-order valence-electron chi connectivity index (χ2n) is 4.50. The Bertz CT molecular complexity index is 507. The summed E-state index contributed by atoms with van der Waals surface area (Å²) in [5.74, 6) is 0.150. The normalized spacial score (nSPS) is 13.4. The monoisotopic (exact) mass is 287 g/mol. The summed E-state index contributed by atoms with van der Waals surface area (Å²) in [4.78, 5) is 0. The van der Waals surface area contributed by atoms with Crippen LogP contribution in [0.3, 0.4) is 0 Å². The first-order valence-corrected chi connectivity index (χ1v) is 7.01. The smallest absolute Gasteiger partial charge is 0.295 e. The number of aromatic nitrogens is 3. The fourth-order valence-corrected chi connectivity index (χ4v) is 2.23. The molecule has 0 saturated heterocycles. The first kappa shape index (κ1) is 14.3. The van der Waals surface area contributed by atoms with Crippen molar-refractivity contribution in [1.29, 1.82) is 0 Å². The second-order valence-corrected chi connectivity index (χ2v) is 6.96. The van der Waals surface area contributed by atoms with Crippen LogP contribution < -0.4 is 0 Å². The molecule has 1 heterocycles. The lowest BCUT2D eigenvalue weighted by Gasteiger charge is -2.18. The van der Waals surface area contributed by atoms with Crippen molar-refractivity contribution in [1.82, 2.24) is 14.8 Å². The molecule has 0 spiro atoms. The van der Waals surface area contributed by atoms with Gasteiger partial charge in [-0.05, 0) is 0 Å². The molecule has 1 aromatic heterocycles. The average Bonchev–Trinajstić information content (AvgIpc) is 2.43. The molecule has 0 atom stereocenters. The van der Waals surface area contributed by atoms with Gasteiger partial charge in [0.05, 0.1) is 6.54 Å². The van der Waals surface area contributed by atoms with E-state index in [0.29, 0.717) is 0 Å². The molecule has 0 fully saturated rings. The van der Waals surface area contributed by atoms with E-state index in [-0.39, 0.29) is 5.82 Å². The van der Waals surface area contributed by atoms with E-state index in [0.717, 1.165) is 4.57 Å². The first-order chi connectivity index (χ1) is 7.53. The van der Waals surface area contributed by atoms with E-state index in [9.17, 15) is 17.2 Å². The van der Waals surface area contributed by atoms with Crippen LogP contribution in [0.25, 0.3) is 0 Å². The first-order valence-electron chi connectivity index (χ1n) is 4.70. The predicted octanol–water partition coefficient (Wildman–Crippen LogP) is 1.77. The minimum absolute atomic E-state index is 0.150. The van der Waals surface area contributed by atoms with Gasteiger partial charge in [0.1, 0.15) is 5.82 Å². The Morgan fingerprint density at radius 1 is 1.35 bits per heavy atom. The number of rotatable bonds is 3. The SMILES string of the molecule is CC(C)(C)c1nnc(S(=O)(=O)Cl)n1CC(F)F. The van der Waals surface area contributed by atoms with Crippen LogP contribution in [0, 0.1) is 0 Å². The van der Waals surface area contributed by atoms with E-state index in [1.165, 1.54) is 0 Å². The van der Waals surface area contributed by atoms with Crippen LogP contribution in [0.2, 0.25) is 0 Å². The van der Waals surface area contributed by atoms with Gasteiger partial charge < -0.3 is 0 Å². The van der Waals surface area contributed by atoms with Gasteiger partial charge in [0.2, 0.25) is 0 Å². The van der Waals surface area contributed by atoms with Crippen LogP contribution in [-0.2, 0) is 21.0 Å². The molecule has 1 aromatic rings. The number of hydrogen-bond acceptors (Lipinski definition) is 4. The van der Waals surface area contributed by atoms with Gasteiger partial charge in [-0.1, -0.05) is 20.8 Å². The summed E-state index contributed by atoms with van der Waals surface area (Å²) in [7, 11) is 0.924. The Morgan fingerprint density at radius 2 is 1.88 bits per heavy atom. The molecular formula is C8H12ClF2N3O2S. The molecule has 17 heavy (non-hydrogen) atoms. The molecular weight excluding hydrogens is 276 g/mol. The highest BCUT2D eigenvalue weighted by atomic mass is 35.7. The maximum Gasteiger partial charge on any atom is 0.296 e. The van der Waals surface area contributed by atoms with Crippen LogP contribution in [0.4, 0.5) is 8.78 Å². The van der Waals surface area contributed by atoms with E-state index in [1.54, 1.807) is 20.8 Å². The topological polar surface area (TPSA) is 64.8 Å². The highest BCUT2D eigenvalue weighted by Crippen LogP contribution is 2.24. The van der Waals surface area contributed by atoms with Crippen molar-refractivity contribution in [2.24, 2.45) is 0 Å². The highest BCUT2D eigenvalue weighted by molar-refractivity contribution is 8.13. The molecule has 0 radical (unpaired) electrons. The van der Waals surface area contributed by atoms with Crippen molar-refractivity contribution in [3.63, 3.8) is 0 Å². The van der Waals surface area contributed by atoms with Gasteiger partial charge >= 0.3 is 0 Å². The van der Waals surface area contributed by atoms with Crippen LogP contribution in [0.15, 0.2) is 5.16 Å². The lowest BCUT2D eigenvalue weighted by atomic mass is 9.96. The van der Waals surface area contributed by atoms with Gasteiger partial charge in [-0.3, -0.25) is 4.57 Å². The summed E-state index contributed by atoms with van der Waals surface area (Å²) in [6.45, 7) is 4.33. The fraction of sp³-hybridized carbons (Fsp3) is 0.750. The minimum Gasteiger partial charge on any atom is -0.295 e. The van der Waals surface area contributed by atoms with Crippen LogP contribution in [-0.4, -0.2) is 29.6 Å². The van der Waals surface area contributed by atoms with E-state index in [1.807, 2.05) is 0 Å². The van der Waals surface area contributed by atoms with E-state index < -0.39 is 32.6 Å². The van der Waals surface area contributed by atoms with Gasteiger partial charge in [-0.15, -0.1) is 10.2 Å². The maximum atomic E-state index is 12.4. The van der Waals surface area contributed by atoms with Crippen molar-refractivity contribution in [2.75, 3.05) is 0 Å². The molecule has 1 rings (SSSR count). The molecule has 0 bridgehead atoms. The quantitative estimate of drug-likeness (QED) is 0.795. The Hall–Kier alpha value is -0.760. The van der Waals surface area contributed by atoms with E-state index in [2.05, 4.69) is 10.2 Å². The number of halogens is 3. The third-order valence-electron chi connectivity index (χ3n) is 1.93. The maximum absolute atomic E-state index is 12.4. The van der Waals surface area contributed by atoms with Crippen molar-refractivity contribution in [3.8, 4) is 0 Å². The number of alkyl halides is 2. The fourth-order valence-electron chi connectivity index (χ4n) is 1.33. The molecule has 5 nitrogen and oxygen atoms in total. The molecule has 0 aromatic carbocycles. The van der Waals surface area contributed by atoms with Gasteiger partial charge in [-0.25, -0.2) is 17.2 Å². The van der Waals surface area contributed by atoms with Gasteiger partial charge in [0.25, 0.3) is 20.6 Å². The third-order valence-corrected chi connectivity index (χ3v) is 3.08. The summed E-state index contributed by atoms with van der Waals surface area (Å²) in [6.07, 6.45) is -2.72. The van der Waals surface area contributed by atoms with E-state index >= 15 is 0 Å². The predicted molar refractivity (Wildman–Crippen MR) is 57.8 cm³/mol. The zero-order valence-corrected chi connectivity index (χ0v) is 11.1. The lowest BCUT2D eigenvalue weighted by molar-refractivity contribution is 0.120. The van der Waals surface area contributed by atoms with Gasteiger partial charge in [-0.2, -0.15) is 0 Å². The largest absolute Gasteiger partial charge is 0.296 e. The number of hydrogen-bond donors (Lipinski definition) is 0.